The smallest absolute Gasteiger partial charge is 0.254 e. The normalized spacial score (nSPS) is 12.5. The molecule has 29 heavy (non-hydrogen) atoms. The summed E-state index contributed by atoms with van der Waals surface area (Å²) in [5, 5.41) is 4.32. The summed E-state index contributed by atoms with van der Waals surface area (Å²) >= 11 is 0. The zero-order chi connectivity index (χ0) is 20.0. The van der Waals surface area contributed by atoms with E-state index in [9.17, 15) is 0 Å². The highest BCUT2D eigenvalue weighted by atomic mass is 15.4. The fraction of sp³-hybridized carbons (Fsp3) is 0.182. The summed E-state index contributed by atoms with van der Waals surface area (Å²) in [6.45, 7) is 4.15. The van der Waals surface area contributed by atoms with Gasteiger partial charge in [0.25, 0.3) is 5.78 Å². The minimum Gasteiger partial charge on any atom is -0.353 e. The Morgan fingerprint density at radius 3 is 2.62 bits per heavy atom. The number of fused-ring (bicyclic) bond motifs is 2. The number of rotatable bonds is 4. The van der Waals surface area contributed by atoms with E-state index < -0.39 is 0 Å². The van der Waals surface area contributed by atoms with Crippen molar-refractivity contribution in [1.82, 2.24) is 29.1 Å². The van der Waals surface area contributed by atoms with Crippen LogP contribution in [0.1, 0.15) is 24.2 Å². The van der Waals surface area contributed by atoms with E-state index in [4.69, 9.17) is 0 Å². The second-order valence-electron chi connectivity index (χ2n) is 7.21. The number of aryl methyl sites for hydroxylation is 1. The first-order valence-electron chi connectivity index (χ1n) is 9.54. The molecule has 0 aliphatic carbocycles. The van der Waals surface area contributed by atoms with Crippen molar-refractivity contribution in [2.45, 2.75) is 19.9 Å². The van der Waals surface area contributed by atoms with E-state index in [1.165, 1.54) is 11.9 Å². The van der Waals surface area contributed by atoms with Crippen molar-refractivity contribution in [3.05, 3.63) is 78.5 Å². The van der Waals surface area contributed by atoms with Gasteiger partial charge in [0.2, 0.25) is 0 Å². The molecular weight excluding hydrogens is 362 g/mol. The topological polar surface area (TPSA) is 64.1 Å². The van der Waals surface area contributed by atoms with Gasteiger partial charge in [0, 0.05) is 24.5 Å². The number of benzene rings is 2. The Morgan fingerprint density at radius 1 is 1.00 bits per heavy atom. The van der Waals surface area contributed by atoms with Crippen LogP contribution in [0.5, 0.6) is 0 Å². The number of para-hydroxylation sites is 2. The molecule has 2 aromatic carbocycles. The average Bonchev–Trinajstić information content (AvgIpc) is 3.39. The summed E-state index contributed by atoms with van der Waals surface area (Å²) in [5.41, 5.74) is 5.32. The van der Waals surface area contributed by atoms with Gasteiger partial charge in [0.15, 0.2) is 0 Å². The van der Waals surface area contributed by atoms with Gasteiger partial charge in [-0.05, 0) is 43.7 Å². The van der Waals surface area contributed by atoms with Crippen LogP contribution in [-0.4, -0.2) is 36.2 Å². The van der Waals surface area contributed by atoms with Crippen molar-refractivity contribution in [1.29, 1.82) is 0 Å². The van der Waals surface area contributed by atoms with Gasteiger partial charge in [-0.2, -0.15) is 14.6 Å². The molecule has 0 saturated heterocycles. The maximum absolute atomic E-state index is 4.49. The summed E-state index contributed by atoms with van der Waals surface area (Å²) in [5.74, 6) is 1.57. The summed E-state index contributed by atoms with van der Waals surface area (Å²) in [7, 11) is 2.07. The molecule has 7 nitrogen and oxygen atoms in total. The molecule has 0 N–H and O–H groups in total. The molecule has 0 aliphatic rings. The first kappa shape index (κ1) is 17.4. The fourth-order valence-electron chi connectivity index (χ4n) is 3.66. The predicted octanol–water partition coefficient (Wildman–Crippen LogP) is 3.97. The molecule has 5 aromatic rings. The summed E-state index contributed by atoms with van der Waals surface area (Å²) in [4.78, 5) is 15.3. The van der Waals surface area contributed by atoms with E-state index in [2.05, 4.69) is 73.8 Å². The third-order valence-corrected chi connectivity index (χ3v) is 5.41. The summed E-state index contributed by atoms with van der Waals surface area (Å²) in [6, 6.07) is 18.9. The summed E-state index contributed by atoms with van der Waals surface area (Å²) in [6.07, 6.45) is 3.41. The van der Waals surface area contributed by atoms with E-state index in [-0.39, 0.29) is 6.04 Å². The SMILES string of the molecule is Cc1cc(N(C)[C@@H](C)c2ccc(-n3cnc4ccccc43)cc2)n2ncnc2n1. The number of anilines is 1. The van der Waals surface area contributed by atoms with Crippen molar-refractivity contribution in [2.75, 3.05) is 11.9 Å². The number of hydrogen-bond acceptors (Lipinski definition) is 5. The van der Waals surface area contributed by atoms with Crippen molar-refractivity contribution >= 4 is 22.6 Å². The average molecular weight is 383 g/mol. The highest BCUT2D eigenvalue weighted by Gasteiger charge is 2.17. The van der Waals surface area contributed by atoms with Crippen molar-refractivity contribution < 1.29 is 0 Å². The van der Waals surface area contributed by atoms with E-state index in [1.807, 2.05) is 37.5 Å². The van der Waals surface area contributed by atoms with Gasteiger partial charge in [-0.25, -0.2) is 9.97 Å². The molecule has 3 aromatic heterocycles. The lowest BCUT2D eigenvalue weighted by molar-refractivity contribution is 0.708. The minimum absolute atomic E-state index is 0.151. The molecule has 0 unspecified atom stereocenters. The lowest BCUT2D eigenvalue weighted by Gasteiger charge is -2.27. The Labute approximate surface area is 168 Å². The third-order valence-electron chi connectivity index (χ3n) is 5.41. The van der Waals surface area contributed by atoms with Gasteiger partial charge in [-0.1, -0.05) is 24.3 Å². The fourth-order valence-corrected chi connectivity index (χ4v) is 3.66. The largest absolute Gasteiger partial charge is 0.353 e. The van der Waals surface area contributed by atoms with E-state index in [1.54, 1.807) is 4.52 Å². The van der Waals surface area contributed by atoms with E-state index in [0.29, 0.717) is 5.78 Å². The Kier molecular flexibility index (Phi) is 4.01. The first-order valence-corrected chi connectivity index (χ1v) is 9.54. The van der Waals surface area contributed by atoms with Crippen LogP contribution < -0.4 is 4.90 Å². The molecule has 0 bridgehead atoms. The lowest BCUT2D eigenvalue weighted by Crippen LogP contribution is -2.24. The molecule has 0 fully saturated rings. The lowest BCUT2D eigenvalue weighted by atomic mass is 10.1. The van der Waals surface area contributed by atoms with Crippen LogP contribution >= 0.6 is 0 Å². The maximum Gasteiger partial charge on any atom is 0.254 e. The number of aromatic nitrogens is 6. The van der Waals surface area contributed by atoms with Crippen LogP contribution in [0.25, 0.3) is 22.5 Å². The summed E-state index contributed by atoms with van der Waals surface area (Å²) < 4.78 is 3.88. The molecule has 0 spiro atoms. The maximum atomic E-state index is 4.49. The van der Waals surface area contributed by atoms with Gasteiger partial charge in [0.05, 0.1) is 17.1 Å². The van der Waals surface area contributed by atoms with Gasteiger partial charge in [-0.3, -0.25) is 4.57 Å². The van der Waals surface area contributed by atoms with Crippen LogP contribution in [0, 0.1) is 6.92 Å². The number of imidazole rings is 1. The van der Waals surface area contributed by atoms with Crippen LogP contribution in [0.4, 0.5) is 5.82 Å². The molecule has 0 saturated carbocycles. The quantitative estimate of drug-likeness (QED) is 0.470. The molecule has 5 rings (SSSR count). The second kappa shape index (κ2) is 6.70. The van der Waals surface area contributed by atoms with Crippen LogP contribution in [0.3, 0.4) is 0 Å². The van der Waals surface area contributed by atoms with Gasteiger partial charge < -0.3 is 4.90 Å². The minimum atomic E-state index is 0.151. The monoisotopic (exact) mass is 383 g/mol. The molecule has 0 amide bonds. The van der Waals surface area contributed by atoms with E-state index in [0.717, 1.165) is 28.2 Å². The molecule has 0 radical (unpaired) electrons. The molecule has 0 aliphatic heterocycles. The second-order valence-corrected chi connectivity index (χ2v) is 7.21. The van der Waals surface area contributed by atoms with Gasteiger partial charge >= 0.3 is 0 Å². The Bertz CT molecular complexity index is 1300. The highest BCUT2D eigenvalue weighted by molar-refractivity contribution is 5.77. The predicted molar refractivity (Wildman–Crippen MR) is 113 cm³/mol. The molecule has 3 heterocycles. The Hall–Kier alpha value is -3.74. The Balaban J connectivity index is 1.47. The van der Waals surface area contributed by atoms with E-state index >= 15 is 0 Å². The standard InChI is InChI=1S/C22H21N7/c1-15-12-21(29-22(26-15)23-13-25-29)27(3)16(2)17-8-10-18(11-9-17)28-14-24-19-6-4-5-7-20(19)28/h4-14,16H,1-3H3/t16-/m0/s1. The molecular formula is C22H21N7. The molecule has 7 heteroatoms. The third kappa shape index (κ3) is 2.91. The highest BCUT2D eigenvalue weighted by Crippen LogP contribution is 2.27. The zero-order valence-electron chi connectivity index (χ0n) is 16.6. The van der Waals surface area contributed by atoms with Crippen molar-refractivity contribution in [3.63, 3.8) is 0 Å². The number of hydrogen-bond donors (Lipinski definition) is 0. The van der Waals surface area contributed by atoms with Gasteiger partial charge in [0.1, 0.15) is 18.5 Å². The van der Waals surface area contributed by atoms with Crippen molar-refractivity contribution in [3.8, 4) is 5.69 Å². The van der Waals surface area contributed by atoms with Crippen molar-refractivity contribution in [2.24, 2.45) is 0 Å². The molecule has 144 valence electrons. The number of nitrogens with zero attached hydrogens (tertiary/aromatic N) is 7. The van der Waals surface area contributed by atoms with Gasteiger partial charge in [-0.15, -0.1) is 0 Å². The van der Waals surface area contributed by atoms with Crippen LogP contribution in [-0.2, 0) is 0 Å². The zero-order valence-corrected chi connectivity index (χ0v) is 16.6. The van der Waals surface area contributed by atoms with Crippen LogP contribution in [0.2, 0.25) is 0 Å². The molecule has 1 atom stereocenters. The van der Waals surface area contributed by atoms with Crippen LogP contribution in [0.15, 0.2) is 67.3 Å². The first-order chi connectivity index (χ1) is 14.1. The Morgan fingerprint density at radius 2 is 1.79 bits per heavy atom.